The third-order valence-electron chi connectivity index (χ3n) is 15.0. The molecule has 12 aromatic rings. The number of rotatable bonds is 7. The molecule has 0 bridgehead atoms. The van der Waals surface area contributed by atoms with Crippen LogP contribution >= 0.6 is 0 Å². The standard InChI is InChI=1S/C68H45BN4/c1-45-38-66-68-67(39-45)73(65-42-52(48-20-8-3-9-21-48)31-34-54(65)49-22-10-4-11-23-49)63-36-32-51(47-18-6-2-7-19-47)41-58(63)69(68)59-43-53(71-60-28-16-14-26-55(60)56-27-15-17-29-61(56)71)33-37-64(59)72(66)62-35-30-46(44-70)40-57(62)50-24-12-5-13-25-50/h2-43H,1H3. The van der Waals surface area contributed by atoms with E-state index in [1.807, 2.05) is 6.07 Å². The Hall–Kier alpha value is -9.63. The molecule has 0 fully saturated rings. The summed E-state index contributed by atoms with van der Waals surface area (Å²) >= 11 is 0. The number of aryl methyl sites for hydroxylation is 1. The topological polar surface area (TPSA) is 35.2 Å². The highest BCUT2D eigenvalue weighted by Crippen LogP contribution is 2.50. The van der Waals surface area contributed by atoms with Gasteiger partial charge < -0.3 is 14.4 Å². The van der Waals surface area contributed by atoms with Crippen molar-refractivity contribution >= 4 is 79.0 Å². The van der Waals surface area contributed by atoms with E-state index in [0.717, 1.165) is 78.8 Å². The first-order valence-corrected chi connectivity index (χ1v) is 25.0. The van der Waals surface area contributed by atoms with Crippen LogP contribution in [0.4, 0.5) is 34.1 Å². The van der Waals surface area contributed by atoms with E-state index < -0.39 is 0 Å². The largest absolute Gasteiger partial charge is 0.311 e. The lowest BCUT2D eigenvalue weighted by Gasteiger charge is -2.45. The Morgan fingerprint density at radius 2 is 0.836 bits per heavy atom. The van der Waals surface area contributed by atoms with Crippen molar-refractivity contribution < 1.29 is 0 Å². The van der Waals surface area contributed by atoms with E-state index in [4.69, 9.17) is 0 Å². The van der Waals surface area contributed by atoms with Crippen LogP contribution in [0.2, 0.25) is 0 Å². The summed E-state index contributed by atoms with van der Waals surface area (Å²) in [5.41, 5.74) is 24.4. The van der Waals surface area contributed by atoms with Gasteiger partial charge in [-0.2, -0.15) is 5.26 Å². The van der Waals surface area contributed by atoms with E-state index in [0.29, 0.717) is 5.56 Å². The van der Waals surface area contributed by atoms with E-state index >= 15 is 0 Å². The maximum Gasteiger partial charge on any atom is 0.252 e. The number of nitriles is 1. The molecule has 4 nitrogen and oxygen atoms in total. The van der Waals surface area contributed by atoms with Crippen molar-refractivity contribution in [3.05, 3.63) is 266 Å². The minimum absolute atomic E-state index is 0.171. The number of fused-ring (bicyclic) bond motifs is 7. The molecule has 0 saturated heterocycles. The van der Waals surface area contributed by atoms with E-state index in [1.54, 1.807) is 0 Å². The highest BCUT2D eigenvalue weighted by atomic mass is 15.2. The molecule has 0 saturated carbocycles. The maximum atomic E-state index is 10.4. The number of hydrogen-bond acceptors (Lipinski definition) is 3. The van der Waals surface area contributed by atoms with Crippen molar-refractivity contribution in [3.8, 4) is 56.3 Å². The van der Waals surface area contributed by atoms with Gasteiger partial charge in [0, 0.05) is 50.3 Å². The number of benzene rings is 11. The number of nitrogens with zero attached hydrogens (tertiary/aromatic N) is 4. The molecule has 0 unspecified atom stereocenters. The lowest BCUT2D eigenvalue weighted by atomic mass is 9.33. The fourth-order valence-electron chi connectivity index (χ4n) is 11.8. The van der Waals surface area contributed by atoms with Gasteiger partial charge in [-0.3, -0.25) is 0 Å². The molecule has 0 N–H and O–H groups in total. The highest BCUT2D eigenvalue weighted by molar-refractivity contribution is 7.00. The summed E-state index contributed by atoms with van der Waals surface area (Å²) in [6.07, 6.45) is 0. The molecule has 11 aromatic carbocycles. The molecule has 2 aliphatic heterocycles. The summed E-state index contributed by atoms with van der Waals surface area (Å²) in [5.74, 6) is 0. The van der Waals surface area contributed by atoms with Gasteiger partial charge in [0.15, 0.2) is 0 Å². The zero-order chi connectivity index (χ0) is 48.6. The second-order valence-corrected chi connectivity index (χ2v) is 19.2. The van der Waals surface area contributed by atoms with E-state index in [2.05, 4.69) is 276 Å². The van der Waals surface area contributed by atoms with Crippen molar-refractivity contribution in [1.82, 2.24) is 4.57 Å². The smallest absolute Gasteiger partial charge is 0.252 e. The zero-order valence-corrected chi connectivity index (χ0v) is 40.1. The van der Waals surface area contributed by atoms with Crippen molar-refractivity contribution in [2.45, 2.75) is 6.92 Å². The van der Waals surface area contributed by atoms with Crippen LogP contribution in [0.3, 0.4) is 0 Å². The van der Waals surface area contributed by atoms with Gasteiger partial charge in [0.05, 0.1) is 34.0 Å². The van der Waals surface area contributed by atoms with Crippen molar-refractivity contribution in [1.29, 1.82) is 5.26 Å². The third kappa shape index (κ3) is 6.84. The van der Waals surface area contributed by atoms with E-state index in [-0.39, 0.29) is 6.71 Å². The minimum Gasteiger partial charge on any atom is -0.311 e. The van der Waals surface area contributed by atoms with Crippen LogP contribution in [0.5, 0.6) is 0 Å². The van der Waals surface area contributed by atoms with Crippen LogP contribution in [-0.2, 0) is 0 Å². The molecule has 0 aliphatic carbocycles. The molecule has 3 heterocycles. The van der Waals surface area contributed by atoms with Gasteiger partial charge in [0.2, 0.25) is 0 Å². The van der Waals surface area contributed by atoms with Gasteiger partial charge in [0.25, 0.3) is 6.71 Å². The van der Waals surface area contributed by atoms with Crippen molar-refractivity contribution in [2.24, 2.45) is 0 Å². The SMILES string of the molecule is Cc1cc2c3c(c1)N(c1cc(-c4ccccc4)ccc1-c1ccccc1)c1ccc(-c4ccccc4)cc1B3c1cc(-n3c4ccccc4c4ccccc43)ccc1N2c1ccc(C#N)cc1-c1ccccc1. The summed E-state index contributed by atoms with van der Waals surface area (Å²) in [5, 5.41) is 12.9. The first-order chi connectivity index (χ1) is 36.1. The quantitative estimate of drug-likeness (QED) is 0.149. The molecule has 0 radical (unpaired) electrons. The number of para-hydroxylation sites is 2. The van der Waals surface area contributed by atoms with Gasteiger partial charge in [-0.05, 0) is 135 Å². The number of aromatic nitrogens is 1. The average molecular weight is 929 g/mol. The molecule has 5 heteroatoms. The van der Waals surface area contributed by atoms with Gasteiger partial charge in [-0.15, -0.1) is 0 Å². The fraction of sp³-hybridized carbons (Fsp3) is 0.0147. The Balaban J connectivity index is 1.12. The first-order valence-electron chi connectivity index (χ1n) is 25.0. The first kappa shape index (κ1) is 42.3. The summed E-state index contributed by atoms with van der Waals surface area (Å²) in [6, 6.07) is 95.0. The molecule has 2 aliphatic rings. The van der Waals surface area contributed by atoms with Gasteiger partial charge >= 0.3 is 0 Å². The van der Waals surface area contributed by atoms with Gasteiger partial charge in [0.1, 0.15) is 0 Å². The second-order valence-electron chi connectivity index (χ2n) is 19.2. The highest BCUT2D eigenvalue weighted by Gasteiger charge is 2.44. The number of anilines is 6. The predicted molar refractivity (Wildman–Crippen MR) is 306 cm³/mol. The Morgan fingerprint density at radius 1 is 0.356 bits per heavy atom. The molecule has 0 spiro atoms. The molecule has 340 valence electrons. The monoisotopic (exact) mass is 928 g/mol. The minimum atomic E-state index is -0.171. The average Bonchev–Trinajstić information content (AvgIpc) is 3.80. The van der Waals surface area contributed by atoms with E-state index in [9.17, 15) is 5.26 Å². The summed E-state index contributed by atoms with van der Waals surface area (Å²) < 4.78 is 2.44. The fourth-order valence-corrected chi connectivity index (χ4v) is 11.8. The molecule has 0 amide bonds. The van der Waals surface area contributed by atoms with Crippen LogP contribution in [-0.4, -0.2) is 11.3 Å². The van der Waals surface area contributed by atoms with Gasteiger partial charge in [-0.25, -0.2) is 0 Å². The predicted octanol–water partition coefficient (Wildman–Crippen LogP) is 15.7. The molecular formula is C68H45BN4. The Kier molecular flexibility index (Phi) is 9.88. The van der Waals surface area contributed by atoms with Crippen molar-refractivity contribution in [2.75, 3.05) is 9.80 Å². The lowest BCUT2D eigenvalue weighted by Crippen LogP contribution is -2.61. The third-order valence-corrected chi connectivity index (χ3v) is 15.0. The van der Waals surface area contributed by atoms with Crippen LogP contribution < -0.4 is 26.2 Å². The molecular weight excluding hydrogens is 884 g/mol. The molecule has 73 heavy (non-hydrogen) atoms. The summed E-state index contributed by atoms with van der Waals surface area (Å²) in [4.78, 5) is 5.04. The summed E-state index contributed by atoms with van der Waals surface area (Å²) in [7, 11) is 0. The van der Waals surface area contributed by atoms with E-state index in [1.165, 1.54) is 49.3 Å². The van der Waals surface area contributed by atoms with Crippen LogP contribution in [0.25, 0.3) is 72.0 Å². The maximum absolute atomic E-state index is 10.4. The van der Waals surface area contributed by atoms with Crippen LogP contribution in [0, 0.1) is 18.3 Å². The zero-order valence-electron chi connectivity index (χ0n) is 40.1. The van der Waals surface area contributed by atoms with Crippen LogP contribution in [0.1, 0.15) is 11.1 Å². The Labute approximate surface area is 425 Å². The van der Waals surface area contributed by atoms with Crippen LogP contribution in [0.15, 0.2) is 255 Å². The lowest BCUT2D eigenvalue weighted by molar-refractivity contribution is 1.17. The molecule has 0 atom stereocenters. The molecule has 1 aromatic heterocycles. The Morgan fingerprint density at radius 3 is 1.44 bits per heavy atom. The molecule has 14 rings (SSSR count). The van der Waals surface area contributed by atoms with Gasteiger partial charge in [-0.1, -0.05) is 182 Å². The van der Waals surface area contributed by atoms with Crippen molar-refractivity contribution in [3.63, 3.8) is 0 Å². The normalized spacial score (nSPS) is 12.4. The summed E-state index contributed by atoms with van der Waals surface area (Å²) in [6.45, 7) is 2.06. The second kappa shape index (κ2) is 17.1. The number of hydrogen-bond donors (Lipinski definition) is 0. The Bertz CT molecular complexity index is 4120.